The number of amides is 1. The van der Waals surface area contributed by atoms with E-state index >= 15 is 0 Å². The van der Waals surface area contributed by atoms with E-state index in [0.29, 0.717) is 0 Å². The van der Waals surface area contributed by atoms with Crippen molar-refractivity contribution in [2.24, 2.45) is 0 Å². The largest absolute Gasteiger partial charge is 0.506 e. The van der Waals surface area contributed by atoms with Gasteiger partial charge in [-0.2, -0.15) is 0 Å². The molecule has 0 heterocycles. The molecule has 1 aromatic carbocycles. The van der Waals surface area contributed by atoms with Crippen molar-refractivity contribution in [1.29, 1.82) is 0 Å². The maximum atomic E-state index is 11.1. The van der Waals surface area contributed by atoms with E-state index in [4.69, 9.17) is 10.5 Å². The second kappa shape index (κ2) is 3.87. The Labute approximate surface area is 81.7 Å². The number of carbonyl (C=O) groups is 1. The van der Waals surface area contributed by atoms with Gasteiger partial charge in [-0.25, -0.2) is 4.79 Å². The molecule has 0 radical (unpaired) electrons. The third kappa shape index (κ3) is 2.07. The van der Waals surface area contributed by atoms with Crippen LogP contribution >= 0.6 is 0 Å². The molecule has 0 unspecified atom stereocenters. The lowest BCUT2D eigenvalue weighted by Gasteiger charge is -2.12. The molecule has 0 saturated carbocycles. The molecule has 1 rings (SSSR count). The van der Waals surface area contributed by atoms with Crippen LogP contribution in [-0.2, 0) is 0 Å². The standard InChI is InChI=1S/C9H12N2O3/c1-11(2)9(13)14-7-5-3-4-6(12)8(7)10/h3-5,12H,10H2,1-2H3. The summed E-state index contributed by atoms with van der Waals surface area (Å²) in [4.78, 5) is 12.4. The fourth-order valence-electron chi connectivity index (χ4n) is 0.807. The number of aromatic hydroxyl groups is 1. The maximum absolute atomic E-state index is 11.1. The average molecular weight is 196 g/mol. The van der Waals surface area contributed by atoms with E-state index in [1.807, 2.05) is 0 Å². The van der Waals surface area contributed by atoms with Gasteiger partial charge in [0.2, 0.25) is 0 Å². The number of para-hydroxylation sites is 1. The van der Waals surface area contributed by atoms with Crippen LogP contribution in [0.2, 0.25) is 0 Å². The number of anilines is 1. The summed E-state index contributed by atoms with van der Waals surface area (Å²) in [5, 5.41) is 9.22. The molecule has 0 aromatic heterocycles. The molecule has 5 heteroatoms. The van der Waals surface area contributed by atoms with E-state index in [-0.39, 0.29) is 17.2 Å². The number of nitrogen functional groups attached to an aromatic ring is 1. The zero-order valence-corrected chi connectivity index (χ0v) is 8.02. The molecule has 5 nitrogen and oxygen atoms in total. The van der Waals surface area contributed by atoms with Crippen LogP contribution in [0.4, 0.5) is 10.5 Å². The second-order valence-electron chi connectivity index (χ2n) is 2.95. The lowest BCUT2D eigenvalue weighted by molar-refractivity contribution is 0.172. The Balaban J connectivity index is 2.87. The lowest BCUT2D eigenvalue weighted by atomic mass is 10.3. The SMILES string of the molecule is CN(C)C(=O)Oc1cccc(O)c1N. The molecule has 0 saturated heterocycles. The first kappa shape index (κ1) is 10.2. The molecular formula is C9H12N2O3. The summed E-state index contributed by atoms with van der Waals surface area (Å²) in [5.41, 5.74) is 5.54. The Bertz CT molecular complexity index is 350. The van der Waals surface area contributed by atoms with Crippen LogP contribution in [-0.4, -0.2) is 30.2 Å². The van der Waals surface area contributed by atoms with Crippen LogP contribution < -0.4 is 10.5 Å². The summed E-state index contributed by atoms with van der Waals surface area (Å²) in [6, 6.07) is 4.47. The van der Waals surface area contributed by atoms with Crippen LogP contribution in [0.1, 0.15) is 0 Å². The highest BCUT2D eigenvalue weighted by molar-refractivity contribution is 5.74. The van der Waals surface area contributed by atoms with Crippen molar-refractivity contribution in [2.45, 2.75) is 0 Å². The minimum Gasteiger partial charge on any atom is -0.506 e. The first-order valence-corrected chi connectivity index (χ1v) is 3.99. The summed E-state index contributed by atoms with van der Waals surface area (Å²) in [7, 11) is 3.11. The predicted octanol–water partition coefficient (Wildman–Crippen LogP) is 1.03. The molecule has 1 aromatic rings. The third-order valence-electron chi connectivity index (χ3n) is 1.61. The summed E-state index contributed by atoms with van der Waals surface area (Å²) < 4.78 is 4.89. The van der Waals surface area contributed by atoms with Gasteiger partial charge >= 0.3 is 6.09 Å². The fourth-order valence-corrected chi connectivity index (χ4v) is 0.807. The molecular weight excluding hydrogens is 184 g/mol. The van der Waals surface area contributed by atoms with E-state index < -0.39 is 6.09 Å². The molecule has 0 aliphatic heterocycles. The minimum atomic E-state index is -0.540. The van der Waals surface area contributed by atoms with Crippen molar-refractivity contribution in [3.63, 3.8) is 0 Å². The quantitative estimate of drug-likeness (QED) is 0.519. The molecule has 0 aliphatic carbocycles. The van der Waals surface area contributed by atoms with Crippen molar-refractivity contribution in [2.75, 3.05) is 19.8 Å². The number of rotatable bonds is 1. The number of ether oxygens (including phenoxy) is 1. The number of phenolic OH excluding ortho intramolecular Hbond substituents is 1. The van der Waals surface area contributed by atoms with Gasteiger partial charge in [-0.1, -0.05) is 6.07 Å². The van der Waals surface area contributed by atoms with Gasteiger partial charge in [0, 0.05) is 14.1 Å². The van der Waals surface area contributed by atoms with E-state index in [9.17, 15) is 9.90 Å². The van der Waals surface area contributed by atoms with Gasteiger partial charge in [-0.15, -0.1) is 0 Å². The zero-order valence-electron chi connectivity index (χ0n) is 8.02. The number of hydrogen-bond acceptors (Lipinski definition) is 4. The molecule has 14 heavy (non-hydrogen) atoms. The molecule has 0 atom stereocenters. The maximum Gasteiger partial charge on any atom is 0.414 e. The van der Waals surface area contributed by atoms with E-state index in [2.05, 4.69) is 0 Å². The van der Waals surface area contributed by atoms with Crippen molar-refractivity contribution in [1.82, 2.24) is 4.90 Å². The third-order valence-corrected chi connectivity index (χ3v) is 1.61. The molecule has 0 aliphatic rings. The van der Waals surface area contributed by atoms with Crippen molar-refractivity contribution in [3.05, 3.63) is 18.2 Å². The highest BCUT2D eigenvalue weighted by atomic mass is 16.6. The average Bonchev–Trinajstić information content (AvgIpc) is 2.12. The Hall–Kier alpha value is -1.91. The normalized spacial score (nSPS) is 9.57. The van der Waals surface area contributed by atoms with Crippen LogP contribution in [0.25, 0.3) is 0 Å². The number of benzene rings is 1. The number of hydrogen-bond donors (Lipinski definition) is 2. The highest BCUT2D eigenvalue weighted by Gasteiger charge is 2.10. The first-order chi connectivity index (χ1) is 6.52. The van der Waals surface area contributed by atoms with Crippen molar-refractivity contribution < 1.29 is 14.6 Å². The van der Waals surface area contributed by atoms with E-state index in [0.717, 1.165) is 0 Å². The molecule has 0 fully saturated rings. The van der Waals surface area contributed by atoms with Crippen LogP contribution in [0.5, 0.6) is 11.5 Å². The zero-order chi connectivity index (χ0) is 10.7. The number of nitrogens with zero attached hydrogens (tertiary/aromatic N) is 1. The molecule has 3 N–H and O–H groups in total. The highest BCUT2D eigenvalue weighted by Crippen LogP contribution is 2.30. The summed E-state index contributed by atoms with van der Waals surface area (Å²) in [5.74, 6) is 0.0535. The summed E-state index contributed by atoms with van der Waals surface area (Å²) in [6.45, 7) is 0. The lowest BCUT2D eigenvalue weighted by Crippen LogP contribution is -2.25. The fraction of sp³-hybridized carbons (Fsp3) is 0.222. The number of nitrogens with two attached hydrogens (primary N) is 1. The minimum absolute atomic E-state index is 0.0581. The second-order valence-corrected chi connectivity index (χ2v) is 2.95. The molecule has 76 valence electrons. The Kier molecular flexibility index (Phi) is 2.81. The van der Waals surface area contributed by atoms with Gasteiger partial charge in [0.25, 0.3) is 0 Å². The van der Waals surface area contributed by atoms with Gasteiger partial charge in [0.05, 0.1) is 0 Å². The topological polar surface area (TPSA) is 75.8 Å². The Morgan fingerprint density at radius 3 is 2.71 bits per heavy atom. The van der Waals surface area contributed by atoms with Crippen LogP contribution in [0.3, 0.4) is 0 Å². The van der Waals surface area contributed by atoms with E-state index in [1.54, 1.807) is 20.2 Å². The Morgan fingerprint density at radius 2 is 2.14 bits per heavy atom. The monoisotopic (exact) mass is 196 g/mol. The van der Waals surface area contributed by atoms with Gasteiger partial charge in [-0.05, 0) is 12.1 Å². The first-order valence-electron chi connectivity index (χ1n) is 3.99. The van der Waals surface area contributed by atoms with Crippen LogP contribution in [0, 0.1) is 0 Å². The number of carbonyl (C=O) groups excluding carboxylic acids is 1. The van der Waals surface area contributed by atoms with Gasteiger partial charge < -0.3 is 20.5 Å². The summed E-state index contributed by atoms with van der Waals surface area (Å²) >= 11 is 0. The molecule has 0 spiro atoms. The van der Waals surface area contributed by atoms with Gasteiger partial charge in [0.1, 0.15) is 11.4 Å². The van der Waals surface area contributed by atoms with Crippen molar-refractivity contribution >= 4 is 11.8 Å². The predicted molar refractivity (Wildman–Crippen MR) is 52.2 cm³/mol. The molecule has 0 bridgehead atoms. The number of phenols is 1. The van der Waals surface area contributed by atoms with Gasteiger partial charge in [0.15, 0.2) is 5.75 Å². The van der Waals surface area contributed by atoms with Gasteiger partial charge in [-0.3, -0.25) is 0 Å². The smallest absolute Gasteiger partial charge is 0.414 e. The van der Waals surface area contributed by atoms with E-state index in [1.165, 1.54) is 17.0 Å². The molecule has 1 amide bonds. The van der Waals surface area contributed by atoms with Crippen LogP contribution in [0.15, 0.2) is 18.2 Å². The Morgan fingerprint density at radius 1 is 1.50 bits per heavy atom. The summed E-state index contributed by atoms with van der Waals surface area (Å²) in [6.07, 6.45) is -0.540. The van der Waals surface area contributed by atoms with Crippen molar-refractivity contribution in [3.8, 4) is 11.5 Å².